The number of rotatable bonds is 3. The third kappa shape index (κ3) is 2.99. The minimum absolute atomic E-state index is 0.305. The van der Waals surface area contributed by atoms with Gasteiger partial charge in [-0.1, -0.05) is 6.07 Å². The van der Waals surface area contributed by atoms with Crippen LogP contribution in [0.2, 0.25) is 0 Å². The number of nitrogens with zero attached hydrogens (tertiary/aromatic N) is 3. The van der Waals surface area contributed by atoms with E-state index in [1.165, 1.54) is 0 Å². The fourth-order valence-corrected chi connectivity index (χ4v) is 1.77. The second kappa shape index (κ2) is 5.65. The van der Waals surface area contributed by atoms with Gasteiger partial charge in [-0.25, -0.2) is 10.8 Å². The minimum Gasteiger partial charge on any atom is -0.339 e. The van der Waals surface area contributed by atoms with Crippen LogP contribution in [0.5, 0.6) is 0 Å². The molecule has 0 atom stereocenters. The lowest BCUT2D eigenvalue weighted by Crippen LogP contribution is -2.11. The summed E-state index contributed by atoms with van der Waals surface area (Å²) < 4.78 is 0.702. The van der Waals surface area contributed by atoms with E-state index in [-0.39, 0.29) is 0 Å². The lowest BCUT2D eigenvalue weighted by molar-refractivity contribution is 1.11. The largest absolute Gasteiger partial charge is 0.339 e. The van der Waals surface area contributed by atoms with Crippen LogP contribution in [0.15, 0.2) is 28.9 Å². The molecule has 0 aliphatic carbocycles. The predicted octanol–water partition coefficient (Wildman–Crippen LogP) is 2.45. The lowest BCUT2D eigenvalue weighted by atomic mass is 10.1. The molecule has 1 heterocycles. The van der Waals surface area contributed by atoms with Crippen LogP contribution >= 0.6 is 15.9 Å². The van der Waals surface area contributed by atoms with E-state index in [1.54, 1.807) is 18.3 Å². The van der Waals surface area contributed by atoms with Gasteiger partial charge in [0.1, 0.15) is 5.82 Å². The molecule has 0 aliphatic rings. The predicted molar refractivity (Wildman–Crippen MR) is 76.7 cm³/mol. The first-order valence-corrected chi connectivity index (χ1v) is 6.20. The van der Waals surface area contributed by atoms with Gasteiger partial charge in [0.2, 0.25) is 5.95 Å². The Bertz CT molecular complexity index is 649. The molecule has 19 heavy (non-hydrogen) atoms. The van der Waals surface area contributed by atoms with Crippen molar-refractivity contribution >= 4 is 33.4 Å². The lowest BCUT2D eigenvalue weighted by Gasteiger charge is -2.11. The van der Waals surface area contributed by atoms with E-state index in [4.69, 9.17) is 11.1 Å². The molecular formula is C12H11BrN6. The van der Waals surface area contributed by atoms with Gasteiger partial charge in [0.25, 0.3) is 0 Å². The Morgan fingerprint density at radius 1 is 1.42 bits per heavy atom. The van der Waals surface area contributed by atoms with Crippen molar-refractivity contribution in [2.24, 2.45) is 5.84 Å². The number of hydrogen-bond donors (Lipinski definition) is 3. The Balaban J connectivity index is 2.38. The number of hydrazine groups is 1. The Labute approximate surface area is 118 Å². The molecule has 0 radical (unpaired) electrons. The molecule has 2 aromatic rings. The fourth-order valence-electron chi connectivity index (χ4n) is 1.48. The molecule has 0 amide bonds. The van der Waals surface area contributed by atoms with Gasteiger partial charge in [0, 0.05) is 11.9 Å². The first-order chi connectivity index (χ1) is 9.13. The van der Waals surface area contributed by atoms with Crippen molar-refractivity contribution < 1.29 is 0 Å². The van der Waals surface area contributed by atoms with Crippen LogP contribution in [-0.2, 0) is 0 Å². The van der Waals surface area contributed by atoms with Crippen molar-refractivity contribution in [2.75, 3.05) is 10.7 Å². The molecule has 0 fully saturated rings. The molecule has 96 valence electrons. The van der Waals surface area contributed by atoms with Crippen molar-refractivity contribution in [3.63, 3.8) is 0 Å². The third-order valence-corrected chi connectivity index (χ3v) is 3.07. The van der Waals surface area contributed by atoms with E-state index in [0.29, 0.717) is 21.8 Å². The van der Waals surface area contributed by atoms with Crippen LogP contribution in [0.4, 0.5) is 17.5 Å². The van der Waals surface area contributed by atoms with Crippen molar-refractivity contribution in [1.29, 1.82) is 5.26 Å². The quantitative estimate of drug-likeness (QED) is 0.593. The molecule has 0 saturated carbocycles. The number of nitriles is 1. The summed E-state index contributed by atoms with van der Waals surface area (Å²) in [4.78, 5) is 8.16. The van der Waals surface area contributed by atoms with Gasteiger partial charge in [0.05, 0.1) is 16.1 Å². The minimum atomic E-state index is 0.305. The Morgan fingerprint density at radius 2 is 2.21 bits per heavy atom. The maximum absolute atomic E-state index is 8.92. The SMILES string of the molecule is Cc1ccc(C#N)cc1Nc1nc(NN)ncc1Br. The fraction of sp³-hybridized carbons (Fsp3) is 0.0833. The summed E-state index contributed by atoms with van der Waals surface area (Å²) in [6.07, 6.45) is 1.59. The second-order valence-corrected chi connectivity index (χ2v) is 4.66. The van der Waals surface area contributed by atoms with E-state index in [2.05, 4.69) is 42.7 Å². The molecule has 0 spiro atoms. The molecule has 0 aliphatic heterocycles. The summed E-state index contributed by atoms with van der Waals surface area (Å²) in [5, 5.41) is 12.1. The maximum atomic E-state index is 8.92. The normalized spacial score (nSPS) is 9.79. The van der Waals surface area contributed by atoms with Crippen LogP contribution in [0.3, 0.4) is 0 Å². The van der Waals surface area contributed by atoms with E-state index in [1.807, 2.05) is 13.0 Å². The summed E-state index contributed by atoms with van der Waals surface area (Å²) >= 11 is 3.36. The van der Waals surface area contributed by atoms with Gasteiger partial charge >= 0.3 is 0 Å². The van der Waals surface area contributed by atoms with E-state index in [0.717, 1.165) is 11.3 Å². The summed E-state index contributed by atoms with van der Waals surface area (Å²) in [5.41, 5.74) is 4.77. The number of nitrogens with two attached hydrogens (primary N) is 1. The number of hydrogen-bond acceptors (Lipinski definition) is 6. The highest BCUT2D eigenvalue weighted by Crippen LogP contribution is 2.26. The Morgan fingerprint density at radius 3 is 2.89 bits per heavy atom. The van der Waals surface area contributed by atoms with Gasteiger partial charge in [-0.15, -0.1) is 0 Å². The number of nitrogen functional groups attached to an aromatic ring is 1. The zero-order chi connectivity index (χ0) is 13.8. The maximum Gasteiger partial charge on any atom is 0.239 e. The molecule has 0 unspecified atom stereocenters. The molecule has 1 aromatic carbocycles. The van der Waals surface area contributed by atoms with E-state index in [9.17, 15) is 0 Å². The highest BCUT2D eigenvalue weighted by Gasteiger charge is 2.07. The van der Waals surface area contributed by atoms with Crippen LogP contribution in [-0.4, -0.2) is 9.97 Å². The standard InChI is InChI=1S/C12H11BrN6/c1-7-2-3-8(5-14)4-10(7)17-11-9(13)6-16-12(18-11)19-15/h2-4,6H,15H2,1H3,(H2,16,17,18,19). The first kappa shape index (κ1) is 13.3. The number of halogens is 1. The van der Waals surface area contributed by atoms with Crippen molar-refractivity contribution in [3.8, 4) is 6.07 Å². The molecule has 1 aromatic heterocycles. The average Bonchev–Trinajstić information content (AvgIpc) is 2.43. The number of anilines is 3. The molecular weight excluding hydrogens is 308 g/mol. The molecule has 6 nitrogen and oxygen atoms in total. The van der Waals surface area contributed by atoms with Crippen LogP contribution < -0.4 is 16.6 Å². The van der Waals surface area contributed by atoms with E-state index >= 15 is 0 Å². The van der Waals surface area contributed by atoms with Gasteiger partial charge < -0.3 is 5.32 Å². The molecule has 0 saturated heterocycles. The molecule has 4 N–H and O–H groups in total. The van der Waals surface area contributed by atoms with Gasteiger partial charge in [0.15, 0.2) is 0 Å². The highest BCUT2D eigenvalue weighted by molar-refractivity contribution is 9.10. The summed E-state index contributed by atoms with van der Waals surface area (Å²) in [5.74, 6) is 6.15. The second-order valence-electron chi connectivity index (χ2n) is 3.80. The smallest absolute Gasteiger partial charge is 0.239 e. The van der Waals surface area contributed by atoms with Crippen LogP contribution in [0.1, 0.15) is 11.1 Å². The van der Waals surface area contributed by atoms with Crippen LogP contribution in [0, 0.1) is 18.3 Å². The van der Waals surface area contributed by atoms with Crippen molar-refractivity contribution in [1.82, 2.24) is 9.97 Å². The molecule has 7 heteroatoms. The van der Waals surface area contributed by atoms with E-state index < -0.39 is 0 Å². The Kier molecular flexibility index (Phi) is 3.94. The van der Waals surface area contributed by atoms with Gasteiger partial charge in [-0.3, -0.25) is 5.43 Å². The highest BCUT2D eigenvalue weighted by atomic mass is 79.9. The number of nitrogens with one attached hydrogen (secondary N) is 2. The average molecular weight is 319 g/mol. The number of aryl methyl sites for hydroxylation is 1. The number of aromatic nitrogens is 2. The zero-order valence-electron chi connectivity index (χ0n) is 10.1. The van der Waals surface area contributed by atoms with Gasteiger partial charge in [-0.05, 0) is 40.5 Å². The Hall–Kier alpha value is -2.17. The van der Waals surface area contributed by atoms with Gasteiger partial charge in [-0.2, -0.15) is 10.2 Å². The first-order valence-electron chi connectivity index (χ1n) is 5.41. The van der Waals surface area contributed by atoms with Crippen LogP contribution in [0.25, 0.3) is 0 Å². The van der Waals surface area contributed by atoms with Crippen molar-refractivity contribution in [3.05, 3.63) is 40.0 Å². The zero-order valence-corrected chi connectivity index (χ0v) is 11.7. The molecule has 0 bridgehead atoms. The number of benzene rings is 1. The molecule has 2 rings (SSSR count). The monoisotopic (exact) mass is 318 g/mol. The summed E-state index contributed by atoms with van der Waals surface area (Å²) in [7, 11) is 0. The topological polar surface area (TPSA) is 99.7 Å². The third-order valence-electron chi connectivity index (χ3n) is 2.49. The van der Waals surface area contributed by atoms with Crippen molar-refractivity contribution in [2.45, 2.75) is 6.92 Å². The summed E-state index contributed by atoms with van der Waals surface area (Å²) in [6.45, 7) is 1.95. The summed E-state index contributed by atoms with van der Waals surface area (Å²) in [6, 6.07) is 7.50.